The number of amides is 4. The van der Waals surface area contributed by atoms with Crippen molar-refractivity contribution in [1.29, 1.82) is 0 Å². The number of nitrogens with one attached hydrogen (secondary N) is 4. The van der Waals surface area contributed by atoms with Crippen molar-refractivity contribution < 1.29 is 33.3 Å². The van der Waals surface area contributed by atoms with E-state index in [1.165, 1.54) is 0 Å². The molecule has 13 heteroatoms. The van der Waals surface area contributed by atoms with Crippen LogP contribution < -0.4 is 20.7 Å². The Morgan fingerprint density at radius 3 is 2.21 bits per heavy atom. The van der Waals surface area contributed by atoms with Crippen LogP contribution in [-0.2, 0) is 28.5 Å². The minimum absolute atomic E-state index is 0.0405. The lowest BCUT2D eigenvalue weighted by Gasteiger charge is -2.16. The van der Waals surface area contributed by atoms with Gasteiger partial charge in [-0.15, -0.1) is 0 Å². The van der Waals surface area contributed by atoms with E-state index in [-0.39, 0.29) is 36.3 Å². The first-order valence-corrected chi connectivity index (χ1v) is 13.3. The molecule has 11 nitrogen and oxygen atoms in total. The van der Waals surface area contributed by atoms with Crippen LogP contribution in [0.4, 0.5) is 4.79 Å². The summed E-state index contributed by atoms with van der Waals surface area (Å²) >= 11 is 5.55. The van der Waals surface area contributed by atoms with Gasteiger partial charge in [-0.25, -0.2) is 4.79 Å². The van der Waals surface area contributed by atoms with Gasteiger partial charge in [0.05, 0.1) is 71.4 Å². The number of thiol groups is 1. The predicted molar refractivity (Wildman–Crippen MR) is 132 cm³/mol. The second-order valence-corrected chi connectivity index (χ2v) is 9.45. The molecule has 2 heterocycles. The highest BCUT2D eigenvalue weighted by molar-refractivity contribution is 8.00. The van der Waals surface area contributed by atoms with Crippen molar-refractivity contribution in [2.45, 2.75) is 49.4 Å². The van der Waals surface area contributed by atoms with Crippen LogP contribution in [0.25, 0.3) is 0 Å². The molecule has 2 rings (SSSR count). The molecule has 196 valence electrons. The van der Waals surface area contributed by atoms with Crippen molar-refractivity contribution in [3.63, 3.8) is 0 Å². The Bertz CT molecular complexity index is 618. The van der Waals surface area contributed by atoms with E-state index < -0.39 is 0 Å². The first-order chi connectivity index (χ1) is 16.6. The highest BCUT2D eigenvalue weighted by Crippen LogP contribution is 2.33. The molecule has 3 atom stereocenters. The van der Waals surface area contributed by atoms with Crippen molar-refractivity contribution in [3.8, 4) is 0 Å². The van der Waals surface area contributed by atoms with E-state index in [2.05, 4.69) is 33.5 Å². The molecule has 2 aliphatic rings. The van der Waals surface area contributed by atoms with E-state index in [0.717, 1.165) is 25.0 Å². The molecule has 0 spiro atoms. The maximum absolute atomic E-state index is 11.9. The third-order valence-electron chi connectivity index (χ3n) is 5.36. The number of thioether (sulfide) groups is 1. The number of fused-ring (bicyclic) bond motifs is 1. The molecular weight excluding hydrogens is 484 g/mol. The van der Waals surface area contributed by atoms with E-state index in [1.54, 1.807) is 0 Å². The second kappa shape index (κ2) is 18.1. The van der Waals surface area contributed by atoms with Gasteiger partial charge in [0.1, 0.15) is 0 Å². The second-order valence-electron chi connectivity index (χ2n) is 7.95. The minimum atomic E-state index is -0.175. The third kappa shape index (κ3) is 12.5. The van der Waals surface area contributed by atoms with Crippen LogP contribution in [0.3, 0.4) is 0 Å². The molecule has 2 aliphatic heterocycles. The van der Waals surface area contributed by atoms with E-state index in [0.29, 0.717) is 71.1 Å². The zero-order valence-corrected chi connectivity index (χ0v) is 21.3. The quantitative estimate of drug-likeness (QED) is 0.0872. The summed E-state index contributed by atoms with van der Waals surface area (Å²) in [5.74, 6) is 0.827. The summed E-state index contributed by atoms with van der Waals surface area (Å²) in [5.41, 5.74) is 0. The predicted octanol–water partition coefficient (Wildman–Crippen LogP) is 0.246. The van der Waals surface area contributed by atoms with Gasteiger partial charge in [0, 0.05) is 24.0 Å². The number of ether oxygens (including phenoxy) is 4. The average Bonchev–Trinajstić information content (AvgIpc) is 3.38. The molecule has 0 aliphatic carbocycles. The lowest BCUT2D eigenvalue weighted by Crippen LogP contribution is -2.36. The summed E-state index contributed by atoms with van der Waals surface area (Å²) in [6, 6.07) is 0.417. The zero-order valence-electron chi connectivity index (χ0n) is 19.6. The lowest BCUT2D eigenvalue weighted by molar-refractivity contribution is -0.121. The fourth-order valence-electron chi connectivity index (χ4n) is 3.61. The van der Waals surface area contributed by atoms with Crippen molar-refractivity contribution >= 4 is 42.4 Å². The van der Waals surface area contributed by atoms with Crippen LogP contribution in [-0.4, -0.2) is 100 Å². The Hall–Kier alpha value is -1.25. The van der Waals surface area contributed by atoms with Crippen LogP contribution in [0.5, 0.6) is 0 Å². The van der Waals surface area contributed by atoms with Crippen LogP contribution >= 0.6 is 24.6 Å². The van der Waals surface area contributed by atoms with Gasteiger partial charge in [0.25, 0.3) is 0 Å². The summed E-state index contributed by atoms with van der Waals surface area (Å²) in [5, 5.41) is 9.24. The molecule has 4 N–H and O–H groups in total. The van der Waals surface area contributed by atoms with E-state index in [4.69, 9.17) is 18.9 Å². The number of rotatable bonds is 20. The molecule has 0 aromatic heterocycles. The maximum Gasteiger partial charge on any atom is 0.315 e. The largest absolute Gasteiger partial charge is 0.379 e. The molecule has 34 heavy (non-hydrogen) atoms. The molecule has 0 aromatic carbocycles. The average molecular weight is 523 g/mol. The highest BCUT2D eigenvalue weighted by Gasteiger charge is 2.42. The highest BCUT2D eigenvalue weighted by atomic mass is 32.2. The minimum Gasteiger partial charge on any atom is -0.379 e. The normalized spacial score (nSPS) is 21.1. The first kappa shape index (κ1) is 29.0. The van der Waals surface area contributed by atoms with Crippen molar-refractivity contribution in [2.24, 2.45) is 0 Å². The first-order valence-electron chi connectivity index (χ1n) is 11.8. The van der Waals surface area contributed by atoms with Gasteiger partial charge >= 0.3 is 6.03 Å². The summed E-state index contributed by atoms with van der Waals surface area (Å²) in [6.45, 7) is 3.98. The molecule has 2 fully saturated rings. The molecule has 0 radical (unpaired) electrons. The Kier molecular flexibility index (Phi) is 15.4. The summed E-state index contributed by atoms with van der Waals surface area (Å²) in [7, 11) is 0. The fraction of sp³-hybridized carbons (Fsp3) is 0.857. The van der Waals surface area contributed by atoms with Crippen LogP contribution in [0.2, 0.25) is 0 Å². The Morgan fingerprint density at radius 1 is 0.882 bits per heavy atom. The zero-order chi connectivity index (χ0) is 24.4. The molecular formula is C21H38N4O7S2. The van der Waals surface area contributed by atoms with E-state index in [9.17, 15) is 14.4 Å². The molecule has 2 saturated heterocycles. The molecule has 0 bridgehead atoms. The number of hydrogen-bond donors (Lipinski definition) is 5. The van der Waals surface area contributed by atoms with Gasteiger partial charge in [0.15, 0.2) is 0 Å². The third-order valence-corrected chi connectivity index (χ3v) is 7.12. The molecule has 0 saturated carbocycles. The van der Waals surface area contributed by atoms with Crippen LogP contribution in [0.1, 0.15) is 32.1 Å². The SMILES string of the molecule is O=C(CCOCCOCCOCCOCCNC(=O)CCCCC1SCC2NC(=O)NC21)NS. The Balaban J connectivity index is 1.27. The summed E-state index contributed by atoms with van der Waals surface area (Å²) in [4.78, 5) is 34.2. The lowest BCUT2D eigenvalue weighted by atomic mass is 10.0. The summed E-state index contributed by atoms with van der Waals surface area (Å²) in [6.07, 6.45) is 3.62. The van der Waals surface area contributed by atoms with Crippen molar-refractivity contribution in [2.75, 3.05) is 65.2 Å². The number of hydrogen-bond acceptors (Lipinski definition) is 9. The monoisotopic (exact) mass is 522 g/mol. The number of carbonyl (C=O) groups excluding carboxylic acids is 3. The molecule has 4 amide bonds. The topological polar surface area (TPSA) is 136 Å². The number of unbranched alkanes of at least 4 members (excludes halogenated alkanes) is 1. The Morgan fingerprint density at radius 2 is 1.53 bits per heavy atom. The number of urea groups is 1. The van der Waals surface area contributed by atoms with Gasteiger partial charge in [-0.3, -0.25) is 9.59 Å². The van der Waals surface area contributed by atoms with Crippen molar-refractivity contribution in [1.82, 2.24) is 20.7 Å². The van der Waals surface area contributed by atoms with E-state index in [1.807, 2.05) is 11.8 Å². The van der Waals surface area contributed by atoms with Gasteiger partial charge in [-0.05, 0) is 12.8 Å². The molecule has 0 aromatic rings. The summed E-state index contributed by atoms with van der Waals surface area (Å²) < 4.78 is 23.7. The van der Waals surface area contributed by atoms with Gasteiger partial charge in [-0.2, -0.15) is 11.8 Å². The van der Waals surface area contributed by atoms with Crippen LogP contribution in [0.15, 0.2) is 0 Å². The fourth-order valence-corrected chi connectivity index (χ4v) is 5.26. The maximum atomic E-state index is 11.9. The van der Waals surface area contributed by atoms with Gasteiger partial charge < -0.3 is 39.6 Å². The number of carbonyl (C=O) groups is 3. The Labute approximate surface area is 211 Å². The van der Waals surface area contributed by atoms with Crippen LogP contribution in [0, 0.1) is 0 Å². The molecule has 3 unspecified atom stereocenters. The van der Waals surface area contributed by atoms with Gasteiger partial charge in [0.2, 0.25) is 11.8 Å². The smallest absolute Gasteiger partial charge is 0.315 e. The van der Waals surface area contributed by atoms with Gasteiger partial charge in [-0.1, -0.05) is 19.2 Å². The van der Waals surface area contributed by atoms with Crippen molar-refractivity contribution in [3.05, 3.63) is 0 Å². The van der Waals surface area contributed by atoms with E-state index >= 15 is 0 Å². The standard InChI is InChI=1S/C21H38N4O7S2/c26-18(4-2-1-3-17-20-16(15-34-17)23-21(28)24-20)22-6-8-30-10-12-32-14-13-31-11-9-29-7-5-19(27)25-33/h16-17,20,33H,1-15H2,(H,22,26)(H,25,27)(H2,23,24,28).